The van der Waals surface area contributed by atoms with Crippen molar-refractivity contribution in [1.82, 2.24) is 15.3 Å². The van der Waals surface area contributed by atoms with Crippen LogP contribution >= 0.6 is 36.2 Å². The van der Waals surface area contributed by atoms with Gasteiger partial charge in [0.15, 0.2) is 0 Å². The molecule has 3 heterocycles. The van der Waals surface area contributed by atoms with Gasteiger partial charge in [-0.05, 0) is 41.8 Å². The molecular weight excluding hydrogens is 391 g/mol. The molecule has 0 radical (unpaired) electrons. The standard InChI is InChI=1S/C18H26N4OS.2ClH/c1-2-17-21-16-4-7-19-6-3-15(16)18(22-17)20-10-14(11-23)9-13-5-8-24-12-13;;/h5,8,12,14,19,23H,2-4,6-7,9-11H2,1H3,(H,20,21,22);2*1H. The number of aryl methyl sites for hydroxylation is 1. The molecule has 1 atom stereocenters. The molecule has 0 spiro atoms. The SMILES string of the molecule is CCc1nc2c(c(NCC(CO)Cc3ccsc3)n1)CCNCC2.Cl.Cl. The number of hydrogen-bond donors (Lipinski definition) is 3. The quantitative estimate of drug-likeness (QED) is 0.644. The second-order valence-electron chi connectivity index (χ2n) is 6.28. The Balaban J connectivity index is 0.00000169. The zero-order valence-electron chi connectivity index (χ0n) is 15.0. The van der Waals surface area contributed by atoms with Crippen LogP contribution in [-0.4, -0.2) is 41.3 Å². The van der Waals surface area contributed by atoms with Gasteiger partial charge in [-0.2, -0.15) is 11.3 Å². The van der Waals surface area contributed by atoms with E-state index in [2.05, 4.69) is 34.4 Å². The molecule has 0 saturated heterocycles. The molecule has 0 saturated carbocycles. The molecule has 0 fully saturated rings. The number of aliphatic hydroxyl groups excluding tert-OH is 1. The zero-order valence-corrected chi connectivity index (χ0v) is 17.5. The fraction of sp³-hybridized carbons (Fsp3) is 0.556. The summed E-state index contributed by atoms with van der Waals surface area (Å²) in [6.45, 7) is 4.94. The lowest BCUT2D eigenvalue weighted by atomic mass is 10.0. The maximum absolute atomic E-state index is 9.71. The van der Waals surface area contributed by atoms with Crippen LogP contribution in [0.25, 0.3) is 0 Å². The molecule has 0 bridgehead atoms. The van der Waals surface area contributed by atoms with E-state index in [0.29, 0.717) is 0 Å². The maximum atomic E-state index is 9.71. The highest BCUT2D eigenvalue weighted by molar-refractivity contribution is 7.07. The van der Waals surface area contributed by atoms with E-state index in [-0.39, 0.29) is 37.3 Å². The molecule has 26 heavy (non-hydrogen) atoms. The van der Waals surface area contributed by atoms with Gasteiger partial charge in [0.2, 0.25) is 0 Å². The van der Waals surface area contributed by atoms with Crippen LogP contribution in [0, 0.1) is 5.92 Å². The van der Waals surface area contributed by atoms with Crippen LogP contribution in [0.5, 0.6) is 0 Å². The number of fused-ring (bicyclic) bond motifs is 1. The van der Waals surface area contributed by atoms with Gasteiger partial charge < -0.3 is 15.7 Å². The molecule has 1 unspecified atom stereocenters. The summed E-state index contributed by atoms with van der Waals surface area (Å²) in [7, 11) is 0. The number of halogens is 2. The number of nitrogens with one attached hydrogen (secondary N) is 2. The van der Waals surface area contributed by atoms with E-state index in [1.807, 2.05) is 0 Å². The van der Waals surface area contributed by atoms with Crippen LogP contribution in [-0.2, 0) is 25.7 Å². The molecule has 0 aromatic carbocycles. The highest BCUT2D eigenvalue weighted by atomic mass is 35.5. The average Bonchev–Trinajstić information content (AvgIpc) is 3.00. The van der Waals surface area contributed by atoms with E-state index < -0.39 is 0 Å². The van der Waals surface area contributed by atoms with E-state index in [0.717, 1.165) is 57.0 Å². The van der Waals surface area contributed by atoms with Crippen LogP contribution in [0.3, 0.4) is 0 Å². The Bertz CT molecular complexity index is 655. The predicted octanol–water partition coefficient (Wildman–Crippen LogP) is 2.90. The smallest absolute Gasteiger partial charge is 0.133 e. The topological polar surface area (TPSA) is 70.1 Å². The second-order valence-corrected chi connectivity index (χ2v) is 7.06. The molecule has 1 aliphatic heterocycles. The number of rotatable bonds is 7. The molecule has 3 N–H and O–H groups in total. The molecule has 0 aliphatic carbocycles. The van der Waals surface area contributed by atoms with Crippen molar-refractivity contribution >= 4 is 42.0 Å². The lowest BCUT2D eigenvalue weighted by Crippen LogP contribution is -2.22. The number of nitrogens with zero attached hydrogens (tertiary/aromatic N) is 2. The highest BCUT2D eigenvalue weighted by Crippen LogP contribution is 2.21. The first kappa shape index (κ1) is 23.1. The first-order chi connectivity index (χ1) is 11.8. The molecule has 1 aliphatic rings. The molecule has 2 aromatic heterocycles. The van der Waals surface area contributed by atoms with Crippen LogP contribution in [0.4, 0.5) is 5.82 Å². The summed E-state index contributed by atoms with van der Waals surface area (Å²) in [5.41, 5.74) is 3.71. The van der Waals surface area contributed by atoms with Crippen molar-refractivity contribution in [1.29, 1.82) is 0 Å². The van der Waals surface area contributed by atoms with Gasteiger partial charge >= 0.3 is 0 Å². The van der Waals surface area contributed by atoms with E-state index >= 15 is 0 Å². The predicted molar refractivity (Wildman–Crippen MR) is 113 cm³/mol. The zero-order chi connectivity index (χ0) is 16.8. The summed E-state index contributed by atoms with van der Waals surface area (Å²) in [5, 5.41) is 20.9. The molecule has 2 aromatic rings. The fourth-order valence-corrected chi connectivity index (χ4v) is 3.77. The Labute approximate surface area is 171 Å². The molecule has 146 valence electrons. The average molecular weight is 419 g/mol. The summed E-state index contributed by atoms with van der Waals surface area (Å²) in [4.78, 5) is 9.44. The molecule has 8 heteroatoms. The van der Waals surface area contributed by atoms with Crippen molar-refractivity contribution in [2.75, 3.05) is 31.6 Å². The normalized spacial score (nSPS) is 14.4. The monoisotopic (exact) mass is 418 g/mol. The summed E-state index contributed by atoms with van der Waals surface area (Å²) in [6.07, 6.45) is 3.64. The van der Waals surface area contributed by atoms with E-state index in [1.165, 1.54) is 16.8 Å². The number of aliphatic hydroxyl groups is 1. The highest BCUT2D eigenvalue weighted by Gasteiger charge is 2.17. The Morgan fingerprint density at radius 1 is 1.27 bits per heavy atom. The van der Waals surface area contributed by atoms with E-state index in [4.69, 9.17) is 9.97 Å². The first-order valence-electron chi connectivity index (χ1n) is 8.75. The van der Waals surface area contributed by atoms with Gasteiger partial charge in [-0.3, -0.25) is 0 Å². The van der Waals surface area contributed by atoms with Crippen molar-refractivity contribution in [3.63, 3.8) is 0 Å². The van der Waals surface area contributed by atoms with Gasteiger partial charge in [-0.1, -0.05) is 6.92 Å². The van der Waals surface area contributed by atoms with Gasteiger partial charge in [0.05, 0.1) is 5.69 Å². The fourth-order valence-electron chi connectivity index (χ4n) is 3.08. The second kappa shape index (κ2) is 11.7. The Hall–Kier alpha value is -0.920. The Kier molecular flexibility index (Phi) is 10.4. The van der Waals surface area contributed by atoms with Crippen LogP contribution in [0.2, 0.25) is 0 Å². The van der Waals surface area contributed by atoms with Crippen molar-refractivity contribution in [3.05, 3.63) is 39.5 Å². The van der Waals surface area contributed by atoms with Crippen LogP contribution in [0.15, 0.2) is 16.8 Å². The summed E-state index contributed by atoms with van der Waals surface area (Å²) >= 11 is 1.70. The molecule has 5 nitrogen and oxygen atoms in total. The van der Waals surface area contributed by atoms with Crippen molar-refractivity contribution in [2.24, 2.45) is 5.92 Å². The minimum atomic E-state index is 0. The van der Waals surface area contributed by atoms with Crippen molar-refractivity contribution < 1.29 is 5.11 Å². The summed E-state index contributed by atoms with van der Waals surface area (Å²) in [5.74, 6) is 2.06. The van der Waals surface area contributed by atoms with Gasteiger partial charge in [-0.15, -0.1) is 24.8 Å². The van der Waals surface area contributed by atoms with Crippen molar-refractivity contribution in [2.45, 2.75) is 32.6 Å². The van der Waals surface area contributed by atoms with Crippen LogP contribution in [0.1, 0.15) is 29.6 Å². The Morgan fingerprint density at radius 2 is 2.08 bits per heavy atom. The lowest BCUT2D eigenvalue weighted by molar-refractivity contribution is 0.232. The van der Waals surface area contributed by atoms with Crippen LogP contribution < -0.4 is 10.6 Å². The van der Waals surface area contributed by atoms with Gasteiger partial charge in [0.1, 0.15) is 11.6 Å². The third kappa shape index (κ3) is 6.06. The van der Waals surface area contributed by atoms with Crippen molar-refractivity contribution in [3.8, 4) is 0 Å². The minimum absolute atomic E-state index is 0. The number of thiophene rings is 1. The van der Waals surface area contributed by atoms with E-state index in [1.54, 1.807) is 11.3 Å². The van der Waals surface area contributed by atoms with E-state index in [9.17, 15) is 5.11 Å². The minimum Gasteiger partial charge on any atom is -0.396 e. The Morgan fingerprint density at radius 3 is 2.77 bits per heavy atom. The van der Waals surface area contributed by atoms with Gasteiger partial charge in [0, 0.05) is 44.0 Å². The maximum Gasteiger partial charge on any atom is 0.133 e. The third-order valence-electron chi connectivity index (χ3n) is 4.47. The van der Waals surface area contributed by atoms with Gasteiger partial charge in [0.25, 0.3) is 0 Å². The largest absolute Gasteiger partial charge is 0.396 e. The molecule has 3 rings (SSSR count). The van der Waals surface area contributed by atoms with Gasteiger partial charge in [-0.25, -0.2) is 9.97 Å². The summed E-state index contributed by atoms with van der Waals surface area (Å²) in [6, 6.07) is 2.13. The summed E-state index contributed by atoms with van der Waals surface area (Å²) < 4.78 is 0. The first-order valence-corrected chi connectivity index (χ1v) is 9.69. The molecular formula is C18H28Cl2N4OS. The molecule has 0 amide bonds. The number of hydrogen-bond acceptors (Lipinski definition) is 6. The lowest BCUT2D eigenvalue weighted by Gasteiger charge is -2.18. The third-order valence-corrected chi connectivity index (χ3v) is 5.20. The number of aromatic nitrogens is 2. The number of anilines is 1.